The zero-order chi connectivity index (χ0) is 21.3. The topological polar surface area (TPSA) is 59.8 Å². The van der Waals surface area contributed by atoms with Gasteiger partial charge in [-0.1, -0.05) is 53.6 Å². The predicted octanol–water partition coefficient (Wildman–Crippen LogP) is 5.77. The number of benzene rings is 3. The van der Waals surface area contributed by atoms with Crippen molar-refractivity contribution < 1.29 is 4.79 Å². The molecule has 0 aliphatic heterocycles. The highest BCUT2D eigenvalue weighted by Gasteiger charge is 2.20. The molecule has 6 heteroatoms. The first-order valence-corrected chi connectivity index (χ1v) is 9.97. The Morgan fingerprint density at radius 2 is 1.67 bits per heavy atom. The van der Waals surface area contributed by atoms with Crippen molar-refractivity contribution in [3.8, 4) is 17.1 Å². The van der Waals surface area contributed by atoms with Crippen LogP contribution in [0.4, 0.5) is 5.69 Å². The van der Waals surface area contributed by atoms with Gasteiger partial charge in [0.2, 0.25) is 5.82 Å². The van der Waals surface area contributed by atoms with E-state index in [1.165, 1.54) is 0 Å². The van der Waals surface area contributed by atoms with E-state index in [9.17, 15) is 4.79 Å². The first-order valence-electron chi connectivity index (χ1n) is 9.59. The molecule has 3 aromatic carbocycles. The van der Waals surface area contributed by atoms with Crippen molar-refractivity contribution in [2.45, 2.75) is 20.8 Å². The van der Waals surface area contributed by atoms with Gasteiger partial charge in [0, 0.05) is 16.3 Å². The molecular weight excluding hydrogens is 396 g/mol. The third-order valence-corrected chi connectivity index (χ3v) is 5.03. The number of nitrogens with one attached hydrogen (secondary N) is 1. The molecule has 0 saturated heterocycles. The molecule has 0 aliphatic carbocycles. The van der Waals surface area contributed by atoms with Gasteiger partial charge in [-0.2, -0.15) is 0 Å². The highest BCUT2D eigenvalue weighted by molar-refractivity contribution is 6.30. The van der Waals surface area contributed by atoms with E-state index in [1.807, 2.05) is 81.4 Å². The Hall–Kier alpha value is -3.44. The summed E-state index contributed by atoms with van der Waals surface area (Å²) in [5.74, 6) is 0.276. The third kappa shape index (κ3) is 4.11. The molecular formula is C24H21ClN4O. The molecule has 5 nitrogen and oxygen atoms in total. The molecule has 0 radical (unpaired) electrons. The summed E-state index contributed by atoms with van der Waals surface area (Å²) in [4.78, 5) is 17.4. The number of carbonyl (C=O) groups excluding carboxylic acids is 1. The normalized spacial score (nSPS) is 10.8. The molecule has 0 fully saturated rings. The highest BCUT2D eigenvalue weighted by Crippen LogP contribution is 2.26. The van der Waals surface area contributed by atoms with Crippen molar-refractivity contribution in [1.29, 1.82) is 0 Å². The summed E-state index contributed by atoms with van der Waals surface area (Å²) in [6, 6.07) is 21.1. The summed E-state index contributed by atoms with van der Waals surface area (Å²) >= 11 is 6.20. The van der Waals surface area contributed by atoms with E-state index in [4.69, 9.17) is 11.6 Å². The van der Waals surface area contributed by atoms with Crippen LogP contribution in [-0.4, -0.2) is 20.7 Å². The Bertz CT molecular complexity index is 1230. The molecule has 1 amide bonds. The van der Waals surface area contributed by atoms with Gasteiger partial charge >= 0.3 is 0 Å². The standard InChI is InChI=1S/C24H21ClN4O/c1-15-8-11-20(12-9-15)26-24(30)22-27-23(18-5-4-6-19(25)14-18)29(28-22)21-13-16(2)7-10-17(21)3/h4-14H,1-3H3,(H,26,30). The second kappa shape index (κ2) is 8.13. The number of amides is 1. The van der Waals surface area contributed by atoms with E-state index < -0.39 is 0 Å². The zero-order valence-corrected chi connectivity index (χ0v) is 17.7. The van der Waals surface area contributed by atoms with Crippen LogP contribution in [0.2, 0.25) is 5.02 Å². The summed E-state index contributed by atoms with van der Waals surface area (Å²) in [5, 5.41) is 8.01. The van der Waals surface area contributed by atoms with Crippen LogP contribution < -0.4 is 5.32 Å². The van der Waals surface area contributed by atoms with Crippen molar-refractivity contribution in [3.05, 3.63) is 94.3 Å². The molecule has 0 aliphatic rings. The van der Waals surface area contributed by atoms with Gasteiger partial charge in [0.25, 0.3) is 5.91 Å². The van der Waals surface area contributed by atoms with E-state index in [0.717, 1.165) is 27.9 Å². The van der Waals surface area contributed by atoms with Crippen LogP contribution in [0.25, 0.3) is 17.1 Å². The van der Waals surface area contributed by atoms with Crippen LogP contribution >= 0.6 is 11.6 Å². The Morgan fingerprint density at radius 1 is 0.933 bits per heavy atom. The molecule has 150 valence electrons. The number of rotatable bonds is 4. The lowest BCUT2D eigenvalue weighted by Crippen LogP contribution is -2.14. The van der Waals surface area contributed by atoms with E-state index in [2.05, 4.69) is 15.4 Å². The van der Waals surface area contributed by atoms with Crippen LogP contribution in [0.3, 0.4) is 0 Å². The lowest BCUT2D eigenvalue weighted by molar-refractivity contribution is 0.101. The zero-order valence-electron chi connectivity index (χ0n) is 17.0. The summed E-state index contributed by atoms with van der Waals surface area (Å²) in [5.41, 5.74) is 5.58. The van der Waals surface area contributed by atoms with Crippen LogP contribution in [0, 0.1) is 20.8 Å². The lowest BCUT2D eigenvalue weighted by atomic mass is 10.1. The fourth-order valence-corrected chi connectivity index (χ4v) is 3.35. The number of anilines is 1. The molecule has 30 heavy (non-hydrogen) atoms. The molecule has 1 aromatic heterocycles. The highest BCUT2D eigenvalue weighted by atomic mass is 35.5. The molecule has 0 unspecified atom stereocenters. The monoisotopic (exact) mass is 416 g/mol. The van der Waals surface area contributed by atoms with E-state index in [1.54, 1.807) is 10.7 Å². The molecule has 1 heterocycles. The summed E-state index contributed by atoms with van der Waals surface area (Å²) < 4.78 is 1.71. The number of aryl methyl sites for hydroxylation is 3. The van der Waals surface area contributed by atoms with Gasteiger partial charge in [0.05, 0.1) is 5.69 Å². The maximum absolute atomic E-state index is 12.9. The number of halogens is 1. The molecule has 4 rings (SSSR count). The first kappa shape index (κ1) is 19.9. The summed E-state index contributed by atoms with van der Waals surface area (Å²) in [6.07, 6.45) is 0. The molecule has 0 bridgehead atoms. The summed E-state index contributed by atoms with van der Waals surface area (Å²) in [7, 11) is 0. The Morgan fingerprint density at radius 3 is 2.40 bits per heavy atom. The third-order valence-electron chi connectivity index (χ3n) is 4.80. The predicted molar refractivity (Wildman–Crippen MR) is 120 cm³/mol. The quantitative estimate of drug-likeness (QED) is 0.459. The van der Waals surface area contributed by atoms with Crippen LogP contribution in [0.15, 0.2) is 66.7 Å². The van der Waals surface area contributed by atoms with E-state index in [0.29, 0.717) is 16.5 Å². The largest absolute Gasteiger partial charge is 0.319 e. The van der Waals surface area contributed by atoms with Crippen LogP contribution in [0.1, 0.15) is 27.3 Å². The SMILES string of the molecule is Cc1ccc(NC(=O)c2nc(-c3cccc(Cl)c3)n(-c3cc(C)ccc3C)n2)cc1. The molecule has 1 N–H and O–H groups in total. The van der Waals surface area contributed by atoms with Crippen molar-refractivity contribution in [2.75, 3.05) is 5.32 Å². The summed E-state index contributed by atoms with van der Waals surface area (Å²) in [6.45, 7) is 6.02. The lowest BCUT2D eigenvalue weighted by Gasteiger charge is -2.10. The Kier molecular flexibility index (Phi) is 5.38. The van der Waals surface area contributed by atoms with Gasteiger partial charge in [-0.15, -0.1) is 5.10 Å². The smallest absolute Gasteiger partial charge is 0.295 e. The molecule has 0 spiro atoms. The van der Waals surface area contributed by atoms with Crippen molar-refractivity contribution in [3.63, 3.8) is 0 Å². The van der Waals surface area contributed by atoms with Gasteiger partial charge < -0.3 is 5.32 Å². The minimum absolute atomic E-state index is 0.0893. The van der Waals surface area contributed by atoms with Gasteiger partial charge in [-0.25, -0.2) is 9.67 Å². The average Bonchev–Trinajstić information content (AvgIpc) is 3.17. The number of nitrogens with zero attached hydrogens (tertiary/aromatic N) is 3. The Balaban J connectivity index is 1.80. The fraction of sp³-hybridized carbons (Fsp3) is 0.125. The second-order valence-corrected chi connectivity index (χ2v) is 7.73. The van der Waals surface area contributed by atoms with Gasteiger partial charge in [-0.05, 0) is 62.2 Å². The van der Waals surface area contributed by atoms with E-state index in [-0.39, 0.29) is 11.7 Å². The van der Waals surface area contributed by atoms with Crippen molar-refractivity contribution >= 4 is 23.2 Å². The van der Waals surface area contributed by atoms with Gasteiger partial charge in [0.15, 0.2) is 5.82 Å². The maximum Gasteiger partial charge on any atom is 0.295 e. The maximum atomic E-state index is 12.9. The van der Waals surface area contributed by atoms with Gasteiger partial charge in [-0.3, -0.25) is 4.79 Å². The average molecular weight is 417 g/mol. The number of carbonyl (C=O) groups is 1. The fourth-order valence-electron chi connectivity index (χ4n) is 3.16. The van der Waals surface area contributed by atoms with Crippen LogP contribution in [0.5, 0.6) is 0 Å². The number of hydrogen-bond acceptors (Lipinski definition) is 3. The first-order chi connectivity index (χ1) is 14.4. The number of aromatic nitrogens is 3. The Labute approximate surface area is 180 Å². The number of hydrogen-bond donors (Lipinski definition) is 1. The van der Waals surface area contributed by atoms with Crippen molar-refractivity contribution in [2.24, 2.45) is 0 Å². The van der Waals surface area contributed by atoms with Gasteiger partial charge in [0.1, 0.15) is 0 Å². The minimum atomic E-state index is -0.369. The second-order valence-electron chi connectivity index (χ2n) is 7.29. The molecule has 0 atom stereocenters. The van der Waals surface area contributed by atoms with Crippen molar-refractivity contribution in [1.82, 2.24) is 14.8 Å². The van der Waals surface area contributed by atoms with Crippen LogP contribution in [-0.2, 0) is 0 Å². The molecule has 4 aromatic rings. The minimum Gasteiger partial charge on any atom is -0.319 e. The van der Waals surface area contributed by atoms with E-state index >= 15 is 0 Å². The molecule has 0 saturated carbocycles.